The Morgan fingerprint density at radius 2 is 1.98 bits per heavy atom. The molecule has 0 spiro atoms. The second-order valence-electron chi connectivity index (χ2n) is 10.7. The van der Waals surface area contributed by atoms with Crippen LogP contribution in [0.15, 0.2) is 78.5 Å². The van der Waals surface area contributed by atoms with Crippen LogP contribution in [0.2, 0.25) is 5.02 Å². The summed E-state index contributed by atoms with van der Waals surface area (Å²) in [6, 6.07) is 21.0. The number of piperidine rings is 1. The van der Waals surface area contributed by atoms with Gasteiger partial charge >= 0.3 is 0 Å². The molecular formula is C34H32ClN5O4. The Hall–Kier alpha value is -4.62. The lowest BCUT2D eigenvalue weighted by molar-refractivity contribution is -0.112. The first-order valence-corrected chi connectivity index (χ1v) is 15.0. The molecule has 3 heterocycles. The Bertz CT molecular complexity index is 1720. The molecular weight excluding hydrogens is 578 g/mol. The number of ether oxygens (including phenoxy) is 3. The number of nitriles is 1. The monoisotopic (exact) mass is 609 g/mol. The summed E-state index contributed by atoms with van der Waals surface area (Å²) in [6.45, 7) is 3.19. The number of rotatable bonds is 9. The lowest BCUT2D eigenvalue weighted by atomic mass is 10.0. The highest BCUT2D eigenvalue weighted by molar-refractivity contribution is 6.32. The number of amides is 1. The zero-order chi connectivity index (χ0) is 30.3. The van der Waals surface area contributed by atoms with Crippen LogP contribution in [0, 0.1) is 11.3 Å². The highest BCUT2D eigenvalue weighted by atomic mass is 35.5. The fourth-order valence-electron chi connectivity index (χ4n) is 5.24. The fourth-order valence-corrected chi connectivity index (χ4v) is 5.48. The molecule has 1 atom stereocenters. The van der Waals surface area contributed by atoms with Gasteiger partial charge in [0.05, 0.1) is 40.7 Å². The second kappa shape index (κ2) is 13.8. The summed E-state index contributed by atoms with van der Waals surface area (Å²) >= 11 is 6.59. The maximum Gasteiger partial charge on any atom is 0.248 e. The van der Waals surface area contributed by atoms with Gasteiger partial charge in [0.15, 0.2) is 0 Å². The average Bonchev–Trinajstić information content (AvgIpc) is 3.55. The number of aromatic nitrogens is 1. The fraction of sp³-hybridized carbons (Fsp3) is 0.265. The van der Waals surface area contributed by atoms with E-state index in [0.717, 1.165) is 43.5 Å². The minimum Gasteiger partial charge on any atom is -0.487 e. The Kier molecular flexibility index (Phi) is 9.22. The first-order chi connectivity index (χ1) is 21.6. The summed E-state index contributed by atoms with van der Waals surface area (Å²) in [4.78, 5) is 17.7. The lowest BCUT2D eigenvalue weighted by Gasteiger charge is -2.19. The third-order valence-electron chi connectivity index (χ3n) is 7.55. The normalized spacial score (nSPS) is 16.3. The second-order valence-corrected chi connectivity index (χ2v) is 11.1. The van der Waals surface area contributed by atoms with Crippen LogP contribution >= 0.6 is 11.6 Å². The molecule has 10 heteroatoms. The summed E-state index contributed by atoms with van der Waals surface area (Å²) in [5.74, 6) is 0.813. The topological polar surface area (TPSA) is 118 Å². The van der Waals surface area contributed by atoms with Gasteiger partial charge in [-0.3, -0.25) is 9.78 Å². The zero-order valence-corrected chi connectivity index (χ0v) is 24.8. The Balaban J connectivity index is 1.31. The molecule has 2 aliphatic heterocycles. The Labute approximate surface area is 260 Å². The molecule has 1 unspecified atom stereocenters. The van der Waals surface area contributed by atoms with E-state index in [4.69, 9.17) is 25.8 Å². The summed E-state index contributed by atoms with van der Waals surface area (Å²) in [7, 11) is 0. The van der Waals surface area contributed by atoms with E-state index in [0.29, 0.717) is 69.9 Å². The van der Waals surface area contributed by atoms with Crippen LogP contribution in [0.4, 0.5) is 17.1 Å². The van der Waals surface area contributed by atoms with Crippen molar-refractivity contribution in [2.24, 2.45) is 0 Å². The van der Waals surface area contributed by atoms with Crippen molar-refractivity contribution in [3.63, 3.8) is 0 Å². The number of hydrogen-bond acceptors (Lipinski definition) is 8. The summed E-state index contributed by atoms with van der Waals surface area (Å²) in [6.07, 6.45) is 5.46. The Morgan fingerprint density at radius 3 is 2.73 bits per heavy atom. The third-order valence-corrected chi connectivity index (χ3v) is 7.84. The molecule has 0 saturated carbocycles. The number of halogens is 1. The van der Waals surface area contributed by atoms with Crippen molar-refractivity contribution in [1.82, 2.24) is 10.3 Å². The molecule has 9 nitrogen and oxygen atoms in total. The van der Waals surface area contributed by atoms with E-state index in [2.05, 4.69) is 27.0 Å². The third kappa shape index (κ3) is 7.12. The number of carbonyl (C=O) groups excluding carboxylic acids is 1. The minimum absolute atomic E-state index is 0.133. The van der Waals surface area contributed by atoms with Crippen LogP contribution in [0.3, 0.4) is 0 Å². The van der Waals surface area contributed by atoms with Crippen LogP contribution < -0.4 is 25.4 Å². The molecule has 0 bridgehead atoms. The minimum atomic E-state index is -0.231. The SMILES string of the molecule is N#Cc1cnc2cc(OC3CCOC3)c(NC(=O)C=C3CCNCC3)cc2c1Nc1ccc(OCc2ccccc2)c(Cl)c1. The van der Waals surface area contributed by atoms with Crippen molar-refractivity contribution in [1.29, 1.82) is 5.26 Å². The highest BCUT2D eigenvalue weighted by Gasteiger charge is 2.22. The van der Waals surface area contributed by atoms with Crippen molar-refractivity contribution >= 4 is 45.5 Å². The largest absolute Gasteiger partial charge is 0.487 e. The van der Waals surface area contributed by atoms with Gasteiger partial charge in [-0.1, -0.05) is 47.5 Å². The van der Waals surface area contributed by atoms with Crippen molar-refractivity contribution in [2.75, 3.05) is 36.9 Å². The number of fused-ring (bicyclic) bond motifs is 1. The molecule has 0 aliphatic carbocycles. The molecule has 3 aromatic carbocycles. The van der Waals surface area contributed by atoms with E-state index in [9.17, 15) is 10.1 Å². The molecule has 44 heavy (non-hydrogen) atoms. The Morgan fingerprint density at radius 1 is 1.14 bits per heavy atom. The first kappa shape index (κ1) is 29.5. The van der Waals surface area contributed by atoms with Gasteiger partial charge in [0.25, 0.3) is 0 Å². The van der Waals surface area contributed by atoms with Crippen molar-refractivity contribution in [2.45, 2.75) is 32.0 Å². The number of benzene rings is 3. The van der Waals surface area contributed by atoms with E-state index in [1.54, 1.807) is 30.3 Å². The summed E-state index contributed by atoms with van der Waals surface area (Å²) < 4.78 is 17.7. The van der Waals surface area contributed by atoms with E-state index in [1.165, 1.54) is 6.20 Å². The predicted molar refractivity (Wildman–Crippen MR) is 171 cm³/mol. The van der Waals surface area contributed by atoms with Gasteiger partial charge in [-0.25, -0.2) is 0 Å². The molecule has 224 valence electrons. The molecule has 2 saturated heterocycles. The van der Waals surface area contributed by atoms with Gasteiger partial charge in [0.1, 0.15) is 30.3 Å². The van der Waals surface area contributed by atoms with E-state index in [1.807, 2.05) is 36.4 Å². The van der Waals surface area contributed by atoms with E-state index < -0.39 is 0 Å². The number of hydrogen-bond donors (Lipinski definition) is 3. The van der Waals surface area contributed by atoms with Gasteiger partial charge < -0.3 is 30.2 Å². The molecule has 2 aliphatic rings. The standard InChI is InChI=1S/C34H32ClN5O4/c35-28-15-25(6-7-31(28)43-20-23-4-2-1-3-5-23)39-34-24(18-36)19-38-29-17-32(44-26-10-13-42-21-26)30(16-27(29)34)40-33(41)14-22-8-11-37-12-9-22/h1-7,14-17,19,26,37H,8-13,20-21H2,(H,38,39)(H,40,41). The van der Waals surface area contributed by atoms with Crippen LogP contribution in [0.25, 0.3) is 10.9 Å². The molecule has 4 aromatic rings. The number of carbonyl (C=O) groups is 1. The number of pyridine rings is 1. The predicted octanol–water partition coefficient (Wildman–Crippen LogP) is 6.50. The van der Waals surface area contributed by atoms with Crippen LogP contribution in [-0.4, -0.2) is 43.3 Å². The maximum atomic E-state index is 13.1. The van der Waals surface area contributed by atoms with Gasteiger partial charge in [-0.2, -0.15) is 5.26 Å². The average molecular weight is 610 g/mol. The van der Waals surface area contributed by atoms with Gasteiger partial charge in [0, 0.05) is 35.8 Å². The number of nitrogens with one attached hydrogen (secondary N) is 3. The van der Waals surface area contributed by atoms with Gasteiger partial charge in [-0.05, 0) is 55.8 Å². The first-order valence-electron chi connectivity index (χ1n) is 14.6. The molecule has 6 rings (SSSR count). The summed E-state index contributed by atoms with van der Waals surface area (Å²) in [5, 5.41) is 20.7. The van der Waals surface area contributed by atoms with Crippen LogP contribution in [0.1, 0.15) is 30.4 Å². The smallest absolute Gasteiger partial charge is 0.248 e. The number of nitrogens with zero attached hydrogens (tertiary/aromatic N) is 2. The van der Waals surface area contributed by atoms with Crippen molar-refractivity contribution in [3.8, 4) is 17.6 Å². The molecule has 2 fully saturated rings. The number of anilines is 3. The molecule has 0 radical (unpaired) electrons. The van der Waals surface area contributed by atoms with Crippen molar-refractivity contribution < 1.29 is 19.0 Å². The quantitative estimate of drug-likeness (QED) is 0.184. The van der Waals surface area contributed by atoms with E-state index >= 15 is 0 Å². The molecule has 3 N–H and O–H groups in total. The zero-order valence-electron chi connectivity index (χ0n) is 24.1. The summed E-state index contributed by atoms with van der Waals surface area (Å²) in [5.41, 5.74) is 4.76. The van der Waals surface area contributed by atoms with Gasteiger partial charge in [-0.15, -0.1) is 0 Å². The molecule has 1 aromatic heterocycles. The van der Waals surface area contributed by atoms with E-state index in [-0.39, 0.29) is 12.0 Å². The van der Waals surface area contributed by atoms with Gasteiger partial charge in [0.2, 0.25) is 5.91 Å². The highest BCUT2D eigenvalue weighted by Crippen LogP contribution is 2.38. The van der Waals surface area contributed by atoms with Crippen LogP contribution in [-0.2, 0) is 16.1 Å². The van der Waals surface area contributed by atoms with Crippen LogP contribution in [0.5, 0.6) is 11.5 Å². The molecule has 1 amide bonds. The van der Waals surface area contributed by atoms with Crippen molar-refractivity contribution in [3.05, 3.63) is 94.7 Å². The lowest BCUT2D eigenvalue weighted by Crippen LogP contribution is -2.24. The maximum absolute atomic E-state index is 13.1.